The van der Waals surface area contributed by atoms with Gasteiger partial charge in [0.2, 0.25) is 11.9 Å². The zero-order chi connectivity index (χ0) is 25.4. The summed E-state index contributed by atoms with van der Waals surface area (Å²) in [5, 5.41) is 5.54. The Morgan fingerprint density at radius 2 is 1.64 bits per heavy atom. The lowest BCUT2D eigenvalue weighted by atomic mass is 10.2. The number of halogens is 1. The molecule has 0 atom stereocenters. The maximum Gasteiger partial charge on any atom is 0.277 e. The number of aromatic nitrogens is 2. The van der Waals surface area contributed by atoms with Crippen molar-refractivity contribution in [2.24, 2.45) is 0 Å². The summed E-state index contributed by atoms with van der Waals surface area (Å²) in [5.74, 6) is 0.152. The van der Waals surface area contributed by atoms with Crippen molar-refractivity contribution in [1.29, 1.82) is 0 Å². The number of alkyl halides is 1. The summed E-state index contributed by atoms with van der Waals surface area (Å²) in [5.41, 5.74) is 2.08. The number of amides is 1. The van der Waals surface area contributed by atoms with Crippen molar-refractivity contribution in [3.8, 4) is 0 Å². The van der Waals surface area contributed by atoms with E-state index in [4.69, 9.17) is 14.2 Å². The number of carbonyl (C=O) groups excluding carboxylic acids is 1. The quantitative estimate of drug-likeness (QED) is 0.212. The Hall–Kier alpha value is -3.00. The minimum atomic E-state index is -0.800. The Morgan fingerprint density at radius 1 is 1.06 bits per heavy atom. The van der Waals surface area contributed by atoms with E-state index in [1.165, 1.54) is 6.92 Å². The molecule has 1 aromatic heterocycles. The second kappa shape index (κ2) is 12.3. The number of hydrogen-bond acceptors (Lipinski definition) is 8. The first-order chi connectivity index (χ1) is 17.4. The van der Waals surface area contributed by atoms with Crippen LogP contribution in [0, 0.1) is 0 Å². The Labute approximate surface area is 222 Å². The first-order valence-corrected chi connectivity index (χ1v) is 12.5. The van der Waals surface area contributed by atoms with Gasteiger partial charge in [0, 0.05) is 6.92 Å². The zero-order valence-electron chi connectivity index (χ0n) is 19.8. The van der Waals surface area contributed by atoms with Crippen LogP contribution in [0.4, 0.5) is 17.5 Å². The number of rotatable bonds is 12. The normalized spacial score (nSPS) is 12.8. The molecule has 1 amide bonds. The van der Waals surface area contributed by atoms with Crippen LogP contribution in [-0.4, -0.2) is 46.1 Å². The third-order valence-corrected chi connectivity index (χ3v) is 6.21. The van der Waals surface area contributed by atoms with E-state index in [1.54, 1.807) is 4.90 Å². The summed E-state index contributed by atoms with van der Waals surface area (Å²) in [6.07, 6.45) is 0. The molecule has 0 saturated carbocycles. The van der Waals surface area contributed by atoms with Gasteiger partial charge < -0.3 is 24.4 Å². The van der Waals surface area contributed by atoms with E-state index in [0.29, 0.717) is 31.4 Å². The molecule has 190 valence electrons. The Bertz CT molecular complexity index is 1160. The summed E-state index contributed by atoms with van der Waals surface area (Å²) in [4.78, 5) is 32.5. The van der Waals surface area contributed by atoms with Crippen molar-refractivity contribution in [3.05, 3.63) is 82.1 Å². The first kappa shape index (κ1) is 26.1. The van der Waals surface area contributed by atoms with Crippen LogP contribution in [0.1, 0.15) is 18.1 Å². The number of aromatic amines is 1. The molecule has 0 saturated heterocycles. The monoisotopic (exact) mass is 605 g/mol. The van der Waals surface area contributed by atoms with Crippen molar-refractivity contribution >= 4 is 46.0 Å². The molecule has 10 nitrogen and oxygen atoms in total. The van der Waals surface area contributed by atoms with Gasteiger partial charge in [-0.3, -0.25) is 19.9 Å². The first-order valence-electron chi connectivity index (χ1n) is 11.4. The molecule has 1 aliphatic rings. The van der Waals surface area contributed by atoms with Crippen LogP contribution in [-0.2, 0) is 32.2 Å². The number of ether oxygens (including phenoxy) is 3. The Kier molecular flexibility index (Phi) is 8.91. The Morgan fingerprint density at radius 3 is 2.19 bits per heavy atom. The van der Waals surface area contributed by atoms with Gasteiger partial charge in [-0.15, -0.1) is 0 Å². The molecule has 0 spiro atoms. The lowest BCUT2D eigenvalue weighted by Crippen LogP contribution is -2.40. The lowest BCUT2D eigenvalue weighted by Gasteiger charge is -2.30. The van der Waals surface area contributed by atoms with E-state index in [-0.39, 0.29) is 37.4 Å². The van der Waals surface area contributed by atoms with Crippen molar-refractivity contribution < 1.29 is 19.0 Å². The van der Waals surface area contributed by atoms with Gasteiger partial charge >= 0.3 is 0 Å². The highest BCUT2D eigenvalue weighted by Gasteiger charge is 2.32. The van der Waals surface area contributed by atoms with Crippen LogP contribution in [0.5, 0.6) is 0 Å². The fourth-order valence-corrected chi connectivity index (χ4v) is 4.12. The predicted molar refractivity (Wildman–Crippen MR) is 145 cm³/mol. The molecule has 3 aromatic rings. The Balaban J connectivity index is 1.41. The summed E-state index contributed by atoms with van der Waals surface area (Å²) < 4.78 is 17.5. The molecule has 0 unspecified atom stereocenters. The highest BCUT2D eigenvalue weighted by atomic mass is 127. The molecule has 4 rings (SSSR count). The number of H-pyrrole nitrogens is 1. The standard InChI is InChI=1S/C25H28IN5O5/c1-18(32)28-24-29-22-21(23(33)30-24)27-16-31(22)17-36-25(26,14-34-12-19-8-4-2-5-9-19)15-35-13-20-10-6-3-7-11-20/h2-11,27H,12-17H2,1H3,(H2,28,29,30,32,33). The molecule has 0 aliphatic carbocycles. The number of fused-ring (bicyclic) bond motifs is 1. The second-order valence-corrected chi connectivity index (χ2v) is 10.2. The van der Waals surface area contributed by atoms with E-state index in [1.807, 2.05) is 60.7 Å². The highest BCUT2D eigenvalue weighted by molar-refractivity contribution is 14.1. The topological polar surface area (TPSA) is 118 Å². The number of hydrogen-bond donors (Lipinski definition) is 3. The molecular formula is C25H28IN5O5. The summed E-state index contributed by atoms with van der Waals surface area (Å²) in [6, 6.07) is 19.8. The number of benzene rings is 2. The minimum Gasteiger partial charge on any atom is -0.373 e. The number of nitrogens with zero attached hydrogens (tertiary/aromatic N) is 2. The van der Waals surface area contributed by atoms with Gasteiger partial charge in [-0.05, 0) is 33.7 Å². The van der Waals surface area contributed by atoms with Gasteiger partial charge in [-0.1, -0.05) is 60.7 Å². The molecule has 0 radical (unpaired) electrons. The van der Waals surface area contributed by atoms with E-state index in [2.05, 4.69) is 43.2 Å². The molecule has 11 heteroatoms. The predicted octanol–water partition coefficient (Wildman–Crippen LogP) is 3.46. The lowest BCUT2D eigenvalue weighted by molar-refractivity contribution is -0.114. The second-order valence-electron chi connectivity index (χ2n) is 8.28. The highest BCUT2D eigenvalue weighted by Crippen LogP contribution is 2.29. The largest absolute Gasteiger partial charge is 0.373 e. The van der Waals surface area contributed by atoms with Crippen LogP contribution in [0.25, 0.3) is 0 Å². The number of carbonyl (C=O) groups is 1. The number of nitrogens with one attached hydrogen (secondary N) is 3. The van der Waals surface area contributed by atoms with Crippen LogP contribution in [0.15, 0.2) is 65.5 Å². The molecule has 0 fully saturated rings. The van der Waals surface area contributed by atoms with Gasteiger partial charge in [0.05, 0.1) is 33.1 Å². The maximum absolute atomic E-state index is 12.4. The van der Waals surface area contributed by atoms with Crippen molar-refractivity contribution in [1.82, 2.24) is 9.97 Å². The summed E-state index contributed by atoms with van der Waals surface area (Å²) in [7, 11) is 0. The average Bonchev–Trinajstić information content (AvgIpc) is 3.27. The van der Waals surface area contributed by atoms with Crippen molar-refractivity contribution in [3.63, 3.8) is 0 Å². The van der Waals surface area contributed by atoms with E-state index in [0.717, 1.165) is 11.1 Å². The molecule has 2 heterocycles. The number of anilines is 3. The van der Waals surface area contributed by atoms with Crippen LogP contribution in [0.2, 0.25) is 0 Å². The minimum absolute atomic E-state index is 0.0816. The van der Waals surface area contributed by atoms with Gasteiger partial charge in [0.15, 0.2) is 9.43 Å². The fourth-order valence-electron chi connectivity index (χ4n) is 3.54. The molecular weight excluding hydrogens is 577 g/mol. The van der Waals surface area contributed by atoms with E-state index < -0.39 is 3.61 Å². The fraction of sp³-hybridized carbons (Fsp3) is 0.320. The molecule has 3 N–H and O–H groups in total. The van der Waals surface area contributed by atoms with Gasteiger partial charge in [-0.2, -0.15) is 4.98 Å². The van der Waals surface area contributed by atoms with Gasteiger partial charge in [-0.25, -0.2) is 0 Å². The molecule has 1 aliphatic heterocycles. The van der Waals surface area contributed by atoms with E-state index >= 15 is 0 Å². The third kappa shape index (κ3) is 7.26. The van der Waals surface area contributed by atoms with Gasteiger partial charge in [0.25, 0.3) is 5.56 Å². The maximum atomic E-state index is 12.4. The van der Waals surface area contributed by atoms with Crippen LogP contribution < -0.4 is 21.1 Å². The van der Waals surface area contributed by atoms with E-state index in [9.17, 15) is 9.59 Å². The molecule has 2 aromatic carbocycles. The summed E-state index contributed by atoms with van der Waals surface area (Å²) in [6.45, 7) is 3.26. The van der Waals surface area contributed by atoms with Crippen LogP contribution in [0.3, 0.4) is 0 Å². The molecule has 0 bridgehead atoms. The van der Waals surface area contributed by atoms with Crippen molar-refractivity contribution in [2.75, 3.05) is 42.1 Å². The third-order valence-electron chi connectivity index (χ3n) is 5.28. The zero-order valence-corrected chi connectivity index (χ0v) is 22.0. The average molecular weight is 605 g/mol. The SMILES string of the molecule is CC(=O)Nc1nc2c(c(=O)[nH]1)NCN2COC(I)(COCc1ccccc1)COCc1ccccc1. The van der Waals surface area contributed by atoms with Gasteiger partial charge in [0.1, 0.15) is 12.4 Å². The van der Waals surface area contributed by atoms with Crippen molar-refractivity contribution in [2.45, 2.75) is 23.7 Å². The molecule has 36 heavy (non-hydrogen) atoms. The smallest absolute Gasteiger partial charge is 0.277 e. The van der Waals surface area contributed by atoms with Crippen LogP contribution >= 0.6 is 22.6 Å². The summed E-state index contributed by atoms with van der Waals surface area (Å²) >= 11 is 2.21.